The normalized spacial score (nSPS) is 12.6. The molecule has 2 heterocycles. The van der Waals surface area contributed by atoms with Gasteiger partial charge in [0.05, 0.1) is 11.7 Å². The topological polar surface area (TPSA) is 75.1 Å². The fourth-order valence-electron chi connectivity index (χ4n) is 1.81. The number of aliphatic carboxylic acids is 1. The second-order valence-electron chi connectivity index (χ2n) is 4.46. The van der Waals surface area contributed by atoms with Gasteiger partial charge in [-0.25, -0.2) is 4.79 Å². The van der Waals surface area contributed by atoms with Gasteiger partial charge in [-0.05, 0) is 18.1 Å². The smallest absolute Gasteiger partial charge is 0.326 e. The predicted molar refractivity (Wildman–Crippen MR) is 69.4 cm³/mol. The van der Waals surface area contributed by atoms with Crippen LogP contribution in [0.3, 0.4) is 0 Å². The second kappa shape index (κ2) is 5.00. The van der Waals surface area contributed by atoms with Gasteiger partial charge in [0.15, 0.2) is 0 Å². The molecule has 0 unspecified atom stereocenters. The van der Waals surface area contributed by atoms with Crippen LogP contribution in [0.5, 0.6) is 0 Å². The summed E-state index contributed by atoms with van der Waals surface area (Å²) >= 11 is 0. The number of nitrogens with zero attached hydrogens (tertiary/aromatic N) is 2. The molecular formula is C13H15N3O2. The molecule has 0 aromatic carbocycles. The molecule has 0 aliphatic rings. The molecule has 0 fully saturated rings. The summed E-state index contributed by atoms with van der Waals surface area (Å²) in [6.07, 6.45) is 4.97. The maximum Gasteiger partial charge on any atom is 0.326 e. The van der Waals surface area contributed by atoms with Gasteiger partial charge in [-0.1, -0.05) is 13.8 Å². The van der Waals surface area contributed by atoms with E-state index in [2.05, 4.69) is 15.3 Å². The van der Waals surface area contributed by atoms with Gasteiger partial charge in [-0.3, -0.25) is 9.97 Å². The highest BCUT2D eigenvalue weighted by atomic mass is 16.4. The van der Waals surface area contributed by atoms with Crippen molar-refractivity contribution in [3.8, 4) is 0 Å². The number of aromatic nitrogens is 2. The average Bonchev–Trinajstić information content (AvgIpc) is 2.35. The van der Waals surface area contributed by atoms with Gasteiger partial charge in [0, 0.05) is 23.5 Å². The van der Waals surface area contributed by atoms with E-state index in [4.69, 9.17) is 0 Å². The van der Waals surface area contributed by atoms with Crippen LogP contribution in [0.4, 0.5) is 5.69 Å². The number of anilines is 1. The third-order valence-corrected chi connectivity index (χ3v) is 2.79. The molecule has 2 rings (SSSR count). The minimum atomic E-state index is -0.857. The molecular weight excluding hydrogens is 230 g/mol. The minimum absolute atomic E-state index is 0.00690. The molecule has 0 aliphatic heterocycles. The Labute approximate surface area is 105 Å². The van der Waals surface area contributed by atoms with E-state index >= 15 is 0 Å². The quantitative estimate of drug-likeness (QED) is 0.863. The zero-order valence-electron chi connectivity index (χ0n) is 10.3. The number of carbonyl (C=O) groups is 1. The van der Waals surface area contributed by atoms with E-state index in [1.54, 1.807) is 24.7 Å². The van der Waals surface area contributed by atoms with Crippen molar-refractivity contribution in [3.05, 3.63) is 30.7 Å². The fourth-order valence-corrected chi connectivity index (χ4v) is 1.81. The summed E-state index contributed by atoms with van der Waals surface area (Å²) in [4.78, 5) is 19.4. The van der Waals surface area contributed by atoms with Crippen molar-refractivity contribution in [2.24, 2.45) is 5.92 Å². The van der Waals surface area contributed by atoms with Gasteiger partial charge in [0.25, 0.3) is 0 Å². The first-order valence-electron chi connectivity index (χ1n) is 5.77. The van der Waals surface area contributed by atoms with Crippen LogP contribution >= 0.6 is 0 Å². The Morgan fingerprint density at radius 2 is 2.11 bits per heavy atom. The fraction of sp³-hybridized carbons (Fsp3) is 0.308. The molecule has 0 saturated carbocycles. The number of fused-ring (bicyclic) bond motifs is 1. The number of rotatable bonds is 4. The van der Waals surface area contributed by atoms with Crippen LogP contribution in [-0.4, -0.2) is 27.1 Å². The Morgan fingerprint density at radius 1 is 1.33 bits per heavy atom. The molecule has 2 aromatic heterocycles. The van der Waals surface area contributed by atoms with Crippen molar-refractivity contribution < 1.29 is 9.90 Å². The van der Waals surface area contributed by atoms with Crippen LogP contribution in [0.2, 0.25) is 0 Å². The van der Waals surface area contributed by atoms with Crippen LogP contribution in [-0.2, 0) is 4.79 Å². The average molecular weight is 245 g/mol. The van der Waals surface area contributed by atoms with Crippen molar-refractivity contribution >= 4 is 22.6 Å². The Morgan fingerprint density at radius 3 is 2.78 bits per heavy atom. The monoisotopic (exact) mass is 245 g/mol. The maximum atomic E-state index is 11.2. The first kappa shape index (κ1) is 12.3. The zero-order chi connectivity index (χ0) is 13.1. The number of hydrogen-bond acceptors (Lipinski definition) is 4. The van der Waals surface area contributed by atoms with Crippen LogP contribution in [0.15, 0.2) is 30.7 Å². The van der Waals surface area contributed by atoms with E-state index in [1.165, 1.54) is 0 Å². The van der Waals surface area contributed by atoms with Crippen molar-refractivity contribution in [1.29, 1.82) is 0 Å². The molecule has 5 heteroatoms. The lowest BCUT2D eigenvalue weighted by Gasteiger charge is -2.20. The molecule has 94 valence electrons. The molecule has 0 amide bonds. The minimum Gasteiger partial charge on any atom is -0.480 e. The van der Waals surface area contributed by atoms with Gasteiger partial charge < -0.3 is 10.4 Å². The van der Waals surface area contributed by atoms with Crippen LogP contribution in [0, 0.1) is 5.92 Å². The second-order valence-corrected chi connectivity index (χ2v) is 4.46. The summed E-state index contributed by atoms with van der Waals surface area (Å²) in [7, 11) is 0. The summed E-state index contributed by atoms with van der Waals surface area (Å²) in [5, 5.41) is 13.1. The van der Waals surface area contributed by atoms with E-state index in [-0.39, 0.29) is 5.92 Å². The molecule has 2 aromatic rings. The van der Waals surface area contributed by atoms with Crippen molar-refractivity contribution in [1.82, 2.24) is 9.97 Å². The summed E-state index contributed by atoms with van der Waals surface area (Å²) in [5.74, 6) is -0.864. The zero-order valence-corrected chi connectivity index (χ0v) is 10.3. The highest BCUT2D eigenvalue weighted by Crippen LogP contribution is 2.22. The number of hydrogen-bond donors (Lipinski definition) is 2. The number of carboxylic acids is 1. The van der Waals surface area contributed by atoms with E-state index in [0.29, 0.717) is 0 Å². The van der Waals surface area contributed by atoms with Gasteiger partial charge in [-0.15, -0.1) is 0 Å². The van der Waals surface area contributed by atoms with Crippen LogP contribution in [0.1, 0.15) is 13.8 Å². The highest BCUT2D eigenvalue weighted by molar-refractivity contribution is 5.92. The summed E-state index contributed by atoms with van der Waals surface area (Å²) in [6.45, 7) is 3.74. The van der Waals surface area contributed by atoms with Crippen molar-refractivity contribution in [2.75, 3.05) is 5.32 Å². The molecule has 0 spiro atoms. The Bertz CT molecular complexity index is 564. The molecule has 0 aliphatic carbocycles. The Balaban J connectivity index is 2.39. The number of pyridine rings is 2. The molecule has 0 radical (unpaired) electrons. The predicted octanol–water partition coefficient (Wildman–Crippen LogP) is 2.15. The van der Waals surface area contributed by atoms with Crippen molar-refractivity contribution in [3.63, 3.8) is 0 Å². The van der Waals surface area contributed by atoms with Crippen LogP contribution in [0.25, 0.3) is 10.9 Å². The molecule has 2 N–H and O–H groups in total. The third-order valence-electron chi connectivity index (χ3n) is 2.79. The van der Waals surface area contributed by atoms with Crippen molar-refractivity contribution in [2.45, 2.75) is 19.9 Å². The SMILES string of the molecule is CC(C)[C@H](Nc1ccnc2cnccc12)C(=O)O. The molecule has 0 saturated heterocycles. The Hall–Kier alpha value is -2.17. The van der Waals surface area contributed by atoms with Gasteiger partial charge in [0.1, 0.15) is 6.04 Å². The lowest BCUT2D eigenvalue weighted by atomic mass is 10.0. The highest BCUT2D eigenvalue weighted by Gasteiger charge is 2.21. The largest absolute Gasteiger partial charge is 0.480 e. The Kier molecular flexibility index (Phi) is 3.41. The maximum absolute atomic E-state index is 11.2. The summed E-state index contributed by atoms with van der Waals surface area (Å²) in [5.41, 5.74) is 1.51. The van der Waals surface area contributed by atoms with Crippen LogP contribution < -0.4 is 5.32 Å². The van der Waals surface area contributed by atoms with Gasteiger partial charge >= 0.3 is 5.97 Å². The first-order chi connectivity index (χ1) is 8.59. The van der Waals surface area contributed by atoms with E-state index in [9.17, 15) is 9.90 Å². The van der Waals surface area contributed by atoms with Gasteiger partial charge in [-0.2, -0.15) is 0 Å². The lowest BCUT2D eigenvalue weighted by molar-refractivity contribution is -0.138. The molecule has 5 nitrogen and oxygen atoms in total. The van der Waals surface area contributed by atoms with E-state index < -0.39 is 12.0 Å². The van der Waals surface area contributed by atoms with Gasteiger partial charge in [0.2, 0.25) is 0 Å². The van der Waals surface area contributed by atoms with E-state index in [1.807, 2.05) is 19.9 Å². The molecule has 18 heavy (non-hydrogen) atoms. The lowest BCUT2D eigenvalue weighted by Crippen LogP contribution is -2.34. The first-order valence-corrected chi connectivity index (χ1v) is 5.77. The number of nitrogens with one attached hydrogen (secondary N) is 1. The third kappa shape index (κ3) is 2.40. The molecule has 1 atom stereocenters. The number of carboxylic acid groups (broad SMARTS) is 1. The molecule has 0 bridgehead atoms. The summed E-state index contributed by atoms with van der Waals surface area (Å²) < 4.78 is 0. The van der Waals surface area contributed by atoms with E-state index in [0.717, 1.165) is 16.6 Å². The standard InChI is InChI=1S/C13H15N3O2/c1-8(2)12(13(17)18)16-10-4-6-15-11-7-14-5-3-9(10)11/h3-8,12H,1-2H3,(H,15,16)(H,17,18)/t12-/m0/s1. The summed E-state index contributed by atoms with van der Waals surface area (Å²) in [6, 6.07) is 2.98.